The van der Waals surface area contributed by atoms with Crippen molar-refractivity contribution in [3.8, 4) is 16.9 Å². The van der Waals surface area contributed by atoms with Gasteiger partial charge in [-0.3, -0.25) is 4.79 Å². The van der Waals surface area contributed by atoms with Gasteiger partial charge in [-0.2, -0.15) is 0 Å². The zero-order chi connectivity index (χ0) is 41.8. The Morgan fingerprint density at radius 3 is 1.54 bits per heavy atom. The van der Waals surface area contributed by atoms with Crippen LogP contribution in [0.4, 0.5) is 4.79 Å². The number of carbonyl (C=O) groups is 3. The normalized spacial score (nSPS) is 12.4. The number of amides is 2. The van der Waals surface area contributed by atoms with Crippen molar-refractivity contribution in [2.75, 3.05) is 126 Å². The van der Waals surface area contributed by atoms with Gasteiger partial charge in [-0.05, 0) is 39.9 Å². The highest BCUT2D eigenvalue weighted by Crippen LogP contribution is 2.44. The van der Waals surface area contributed by atoms with E-state index in [1.165, 1.54) is 0 Å². The fourth-order valence-corrected chi connectivity index (χ4v) is 5.97. The van der Waals surface area contributed by atoms with E-state index in [2.05, 4.69) is 10.6 Å². The SMILES string of the molecule is COCCOCCOCCOCCOCCOCCOCCOCCNC(=O)COc1ccc(C[C@H](NC(=O)OCC2c3ccccc3-c3ccccc32)C(=O)O)cc1. The number of benzene rings is 3. The Labute approximate surface area is 345 Å². The van der Waals surface area contributed by atoms with E-state index in [4.69, 9.17) is 47.4 Å². The second-order valence-electron chi connectivity index (χ2n) is 13.1. The predicted octanol–water partition coefficient (Wildman–Crippen LogP) is 3.48. The van der Waals surface area contributed by atoms with Crippen molar-refractivity contribution in [1.29, 1.82) is 0 Å². The summed E-state index contributed by atoms with van der Waals surface area (Å²) in [7, 11) is 1.63. The molecule has 0 spiro atoms. The van der Waals surface area contributed by atoms with Crippen molar-refractivity contribution in [2.45, 2.75) is 18.4 Å². The van der Waals surface area contributed by atoms with Crippen molar-refractivity contribution in [3.05, 3.63) is 89.5 Å². The number of ether oxygens (including phenoxy) is 10. The number of carboxylic acids is 1. The highest BCUT2D eigenvalue weighted by atomic mass is 16.6. The zero-order valence-corrected chi connectivity index (χ0v) is 33.8. The van der Waals surface area contributed by atoms with Gasteiger partial charge >= 0.3 is 12.1 Å². The molecule has 59 heavy (non-hydrogen) atoms. The quantitative estimate of drug-likeness (QED) is 0.0758. The highest BCUT2D eigenvalue weighted by molar-refractivity contribution is 5.81. The lowest BCUT2D eigenvalue weighted by atomic mass is 9.98. The van der Waals surface area contributed by atoms with Gasteiger partial charge in [0.05, 0.1) is 99.1 Å². The molecule has 0 bridgehead atoms. The number of carboxylic acid groups (broad SMARTS) is 1. The molecule has 324 valence electrons. The number of carbonyl (C=O) groups excluding carboxylic acids is 2. The van der Waals surface area contributed by atoms with Gasteiger partial charge in [0.15, 0.2) is 6.61 Å². The van der Waals surface area contributed by atoms with Gasteiger partial charge in [0.25, 0.3) is 5.91 Å². The van der Waals surface area contributed by atoms with E-state index in [9.17, 15) is 19.5 Å². The first kappa shape index (κ1) is 47.0. The molecule has 16 heteroatoms. The van der Waals surface area contributed by atoms with Gasteiger partial charge in [0.1, 0.15) is 18.4 Å². The molecule has 3 aromatic rings. The van der Waals surface area contributed by atoms with Gasteiger partial charge < -0.3 is 63.1 Å². The molecular formula is C43H58N2O14. The van der Waals surface area contributed by atoms with Crippen LogP contribution in [0.3, 0.4) is 0 Å². The molecule has 1 aliphatic carbocycles. The molecule has 1 atom stereocenters. The molecule has 0 fully saturated rings. The molecule has 4 rings (SSSR count). The van der Waals surface area contributed by atoms with Crippen molar-refractivity contribution in [2.24, 2.45) is 0 Å². The molecule has 0 heterocycles. The van der Waals surface area contributed by atoms with Crippen LogP contribution in [-0.2, 0) is 58.6 Å². The second-order valence-corrected chi connectivity index (χ2v) is 13.1. The largest absolute Gasteiger partial charge is 0.484 e. The van der Waals surface area contributed by atoms with Crippen molar-refractivity contribution in [1.82, 2.24) is 10.6 Å². The van der Waals surface area contributed by atoms with Crippen LogP contribution >= 0.6 is 0 Å². The minimum Gasteiger partial charge on any atom is -0.484 e. The molecule has 1 aliphatic rings. The first-order valence-corrected chi connectivity index (χ1v) is 19.8. The lowest BCUT2D eigenvalue weighted by Crippen LogP contribution is -2.42. The van der Waals surface area contributed by atoms with Crippen LogP contribution in [0.1, 0.15) is 22.6 Å². The number of fused-ring (bicyclic) bond motifs is 3. The van der Waals surface area contributed by atoms with E-state index in [0.29, 0.717) is 117 Å². The van der Waals surface area contributed by atoms with Crippen LogP contribution in [-0.4, -0.2) is 155 Å². The molecule has 16 nitrogen and oxygen atoms in total. The molecule has 0 unspecified atom stereocenters. The monoisotopic (exact) mass is 826 g/mol. The molecular weight excluding hydrogens is 768 g/mol. The number of hydrogen-bond donors (Lipinski definition) is 3. The lowest BCUT2D eigenvalue weighted by Gasteiger charge is -2.17. The summed E-state index contributed by atoms with van der Waals surface area (Å²) in [6.07, 6.45) is -0.783. The maximum absolute atomic E-state index is 12.7. The molecule has 0 aromatic heterocycles. The van der Waals surface area contributed by atoms with Crippen LogP contribution in [0.15, 0.2) is 72.8 Å². The summed E-state index contributed by atoms with van der Waals surface area (Å²) >= 11 is 0. The average molecular weight is 827 g/mol. The molecule has 3 N–H and O–H groups in total. The van der Waals surface area contributed by atoms with Crippen LogP contribution in [0.25, 0.3) is 11.1 Å². The smallest absolute Gasteiger partial charge is 0.407 e. The summed E-state index contributed by atoms with van der Waals surface area (Å²) in [4.78, 5) is 36.9. The second kappa shape index (κ2) is 28.7. The maximum atomic E-state index is 12.7. The van der Waals surface area contributed by atoms with E-state index in [0.717, 1.165) is 22.3 Å². The summed E-state index contributed by atoms with van der Waals surface area (Å²) in [5, 5.41) is 15.0. The van der Waals surface area contributed by atoms with E-state index in [-0.39, 0.29) is 31.5 Å². The average Bonchev–Trinajstić information content (AvgIpc) is 3.57. The Morgan fingerprint density at radius 1 is 0.610 bits per heavy atom. The fourth-order valence-electron chi connectivity index (χ4n) is 5.97. The van der Waals surface area contributed by atoms with Crippen molar-refractivity contribution < 1.29 is 66.9 Å². The number of hydrogen-bond acceptors (Lipinski definition) is 13. The third-order valence-corrected chi connectivity index (χ3v) is 8.90. The van der Waals surface area contributed by atoms with Crippen molar-refractivity contribution in [3.63, 3.8) is 0 Å². The van der Waals surface area contributed by atoms with E-state index >= 15 is 0 Å². The van der Waals surface area contributed by atoms with Crippen molar-refractivity contribution >= 4 is 18.0 Å². The van der Waals surface area contributed by atoms with Gasteiger partial charge in [-0.25, -0.2) is 9.59 Å². The molecule has 0 aliphatic heterocycles. The fraction of sp³-hybridized carbons (Fsp3) is 0.512. The Balaban J connectivity index is 0.946. The third-order valence-electron chi connectivity index (χ3n) is 8.90. The number of methoxy groups -OCH3 is 1. The number of rotatable bonds is 33. The van der Waals surface area contributed by atoms with E-state index in [1.54, 1.807) is 31.4 Å². The number of aliphatic carboxylic acids is 1. The van der Waals surface area contributed by atoms with E-state index < -0.39 is 18.1 Å². The molecule has 0 radical (unpaired) electrons. The predicted molar refractivity (Wildman–Crippen MR) is 216 cm³/mol. The molecule has 3 aromatic carbocycles. The molecule has 0 saturated carbocycles. The topological polar surface area (TPSA) is 188 Å². The van der Waals surface area contributed by atoms with E-state index in [1.807, 2.05) is 48.5 Å². The minimum absolute atomic E-state index is 0.0255. The first-order valence-electron chi connectivity index (χ1n) is 19.8. The van der Waals surface area contributed by atoms with Gasteiger partial charge in [0, 0.05) is 26.0 Å². The van der Waals surface area contributed by atoms with Crippen LogP contribution in [0, 0.1) is 0 Å². The summed E-state index contributed by atoms with van der Waals surface area (Å²) in [5.74, 6) is -1.21. The van der Waals surface area contributed by atoms with Gasteiger partial charge in [0.2, 0.25) is 0 Å². The van der Waals surface area contributed by atoms with Gasteiger partial charge in [-0.15, -0.1) is 0 Å². The molecule has 2 amide bonds. The Kier molecular flexibility index (Phi) is 22.9. The minimum atomic E-state index is -1.21. The lowest BCUT2D eigenvalue weighted by molar-refractivity contribution is -0.139. The van der Waals surface area contributed by atoms with Crippen LogP contribution < -0.4 is 15.4 Å². The third kappa shape index (κ3) is 18.4. The summed E-state index contributed by atoms with van der Waals surface area (Å²) in [6, 6.07) is 21.4. The Hall–Kier alpha value is -4.65. The standard InChI is InChI=1S/C43H58N2O14/c1-50-16-17-52-20-21-54-24-25-56-28-29-57-27-26-55-23-22-53-19-18-51-15-14-44-41(46)32-58-34-12-10-33(11-13-34)30-40(42(47)48)45-43(49)59-31-39-37-8-4-2-6-35(37)36-7-3-5-9-38(36)39/h2-13,39-40H,14-32H2,1H3,(H,44,46)(H,45,49)(H,47,48)/t40-/m0/s1. The molecule has 0 saturated heterocycles. The Morgan fingerprint density at radius 2 is 1.07 bits per heavy atom. The number of alkyl carbamates (subject to hydrolysis) is 1. The van der Waals surface area contributed by atoms with Crippen LogP contribution in [0.2, 0.25) is 0 Å². The maximum Gasteiger partial charge on any atom is 0.407 e. The summed E-state index contributed by atoms with van der Waals surface area (Å²) in [5.41, 5.74) is 4.98. The highest BCUT2D eigenvalue weighted by Gasteiger charge is 2.30. The Bertz CT molecular complexity index is 1600. The first-order chi connectivity index (χ1) is 29.0. The number of nitrogens with one attached hydrogen (secondary N) is 2. The van der Waals surface area contributed by atoms with Gasteiger partial charge in [-0.1, -0.05) is 60.7 Å². The van der Waals surface area contributed by atoms with Crippen LogP contribution in [0.5, 0.6) is 5.75 Å². The zero-order valence-electron chi connectivity index (χ0n) is 33.8. The summed E-state index contributed by atoms with van der Waals surface area (Å²) < 4.78 is 54.0. The summed E-state index contributed by atoms with van der Waals surface area (Å²) in [6.45, 7) is 7.22.